The van der Waals surface area contributed by atoms with Crippen molar-refractivity contribution in [2.75, 3.05) is 11.4 Å². The first-order chi connectivity index (χ1) is 8.76. The van der Waals surface area contributed by atoms with Crippen LogP contribution < -0.4 is 4.90 Å². The predicted octanol–water partition coefficient (Wildman–Crippen LogP) is 3.78. The average Bonchev–Trinajstić information content (AvgIpc) is 2.88. The van der Waals surface area contributed by atoms with Crippen molar-refractivity contribution >= 4 is 28.8 Å². The van der Waals surface area contributed by atoms with E-state index in [0.29, 0.717) is 5.15 Å². The minimum absolute atomic E-state index is 0.562. The molecule has 0 N–H and O–H groups in total. The van der Waals surface area contributed by atoms with Gasteiger partial charge in [0.15, 0.2) is 0 Å². The standard InChI is InChI=1S/C13H16ClN3S/c1-3-11-12(14)15-9-16-13(11)17(4-2)8-10-6-5-7-18-10/h5-7,9H,3-4,8H2,1-2H3. The Balaban J connectivity index is 2.30. The van der Waals surface area contributed by atoms with Gasteiger partial charge in [0.1, 0.15) is 17.3 Å². The van der Waals surface area contributed by atoms with E-state index in [2.05, 4.69) is 46.2 Å². The van der Waals surface area contributed by atoms with Gasteiger partial charge in [0, 0.05) is 17.0 Å². The lowest BCUT2D eigenvalue weighted by Crippen LogP contribution is -2.24. The van der Waals surface area contributed by atoms with Gasteiger partial charge < -0.3 is 4.90 Å². The number of hydrogen-bond acceptors (Lipinski definition) is 4. The van der Waals surface area contributed by atoms with Gasteiger partial charge in [-0.3, -0.25) is 0 Å². The van der Waals surface area contributed by atoms with Crippen molar-refractivity contribution in [3.8, 4) is 0 Å². The van der Waals surface area contributed by atoms with E-state index in [1.165, 1.54) is 11.2 Å². The van der Waals surface area contributed by atoms with E-state index in [0.717, 1.165) is 30.9 Å². The first kappa shape index (κ1) is 13.3. The van der Waals surface area contributed by atoms with Crippen LogP contribution in [-0.2, 0) is 13.0 Å². The van der Waals surface area contributed by atoms with Gasteiger partial charge in [-0.15, -0.1) is 11.3 Å². The number of halogens is 1. The molecule has 5 heteroatoms. The zero-order chi connectivity index (χ0) is 13.0. The molecule has 0 aliphatic heterocycles. The number of nitrogens with zero attached hydrogens (tertiary/aromatic N) is 3. The van der Waals surface area contributed by atoms with Gasteiger partial charge in [-0.1, -0.05) is 24.6 Å². The number of thiophene rings is 1. The fourth-order valence-corrected chi connectivity index (χ4v) is 2.87. The van der Waals surface area contributed by atoms with Crippen LogP contribution >= 0.6 is 22.9 Å². The highest BCUT2D eigenvalue weighted by atomic mass is 35.5. The van der Waals surface area contributed by atoms with Crippen LogP contribution in [0.2, 0.25) is 5.15 Å². The van der Waals surface area contributed by atoms with Crippen LogP contribution in [0.4, 0.5) is 5.82 Å². The highest BCUT2D eigenvalue weighted by molar-refractivity contribution is 7.09. The molecule has 2 rings (SSSR count). The molecule has 0 aliphatic carbocycles. The predicted molar refractivity (Wildman–Crippen MR) is 77.5 cm³/mol. The lowest BCUT2D eigenvalue weighted by Gasteiger charge is -2.23. The maximum absolute atomic E-state index is 6.14. The zero-order valence-electron chi connectivity index (χ0n) is 10.6. The van der Waals surface area contributed by atoms with E-state index in [-0.39, 0.29) is 0 Å². The minimum atomic E-state index is 0.562. The molecule has 0 atom stereocenters. The second-order valence-corrected chi connectivity index (χ2v) is 5.30. The average molecular weight is 282 g/mol. The number of rotatable bonds is 5. The topological polar surface area (TPSA) is 29.0 Å². The van der Waals surface area contributed by atoms with Crippen LogP contribution in [0, 0.1) is 0 Å². The Morgan fingerprint density at radius 2 is 2.17 bits per heavy atom. The van der Waals surface area contributed by atoms with Gasteiger partial charge in [0.2, 0.25) is 0 Å². The normalized spacial score (nSPS) is 10.6. The maximum atomic E-state index is 6.14. The molecule has 0 radical (unpaired) electrons. The van der Waals surface area contributed by atoms with Crippen LogP contribution in [0.1, 0.15) is 24.3 Å². The molecule has 0 aromatic carbocycles. The maximum Gasteiger partial charge on any atom is 0.137 e. The van der Waals surface area contributed by atoms with Crippen molar-refractivity contribution in [3.63, 3.8) is 0 Å². The molecular formula is C13H16ClN3S. The number of hydrogen-bond donors (Lipinski definition) is 0. The van der Waals surface area contributed by atoms with E-state index in [1.54, 1.807) is 11.3 Å². The van der Waals surface area contributed by atoms with E-state index >= 15 is 0 Å². The van der Waals surface area contributed by atoms with Crippen LogP contribution in [-0.4, -0.2) is 16.5 Å². The lowest BCUT2D eigenvalue weighted by molar-refractivity contribution is 0.806. The Hall–Kier alpha value is -1.13. The Bertz CT molecular complexity index is 499. The van der Waals surface area contributed by atoms with E-state index in [9.17, 15) is 0 Å². The quantitative estimate of drug-likeness (QED) is 0.781. The summed E-state index contributed by atoms with van der Waals surface area (Å²) >= 11 is 7.90. The lowest BCUT2D eigenvalue weighted by atomic mass is 10.2. The highest BCUT2D eigenvalue weighted by Gasteiger charge is 2.14. The Morgan fingerprint density at radius 1 is 1.33 bits per heavy atom. The van der Waals surface area contributed by atoms with Gasteiger partial charge in [-0.05, 0) is 24.8 Å². The van der Waals surface area contributed by atoms with Crippen LogP contribution in [0.25, 0.3) is 0 Å². The molecule has 0 saturated heterocycles. The van der Waals surface area contributed by atoms with E-state index < -0.39 is 0 Å². The molecule has 0 fully saturated rings. The van der Waals surface area contributed by atoms with Crippen molar-refractivity contribution in [1.82, 2.24) is 9.97 Å². The summed E-state index contributed by atoms with van der Waals surface area (Å²) in [6, 6.07) is 4.21. The van der Waals surface area contributed by atoms with E-state index in [1.807, 2.05) is 0 Å². The summed E-state index contributed by atoms with van der Waals surface area (Å²) in [6.45, 7) is 5.98. The zero-order valence-corrected chi connectivity index (χ0v) is 12.1. The monoisotopic (exact) mass is 281 g/mol. The van der Waals surface area contributed by atoms with Crippen LogP contribution in [0.3, 0.4) is 0 Å². The van der Waals surface area contributed by atoms with Crippen molar-refractivity contribution in [2.24, 2.45) is 0 Å². The second-order valence-electron chi connectivity index (χ2n) is 3.91. The fourth-order valence-electron chi connectivity index (χ4n) is 1.89. The summed E-state index contributed by atoms with van der Waals surface area (Å²) < 4.78 is 0. The highest BCUT2D eigenvalue weighted by Crippen LogP contribution is 2.25. The first-order valence-electron chi connectivity index (χ1n) is 6.03. The number of anilines is 1. The van der Waals surface area contributed by atoms with Crippen molar-refractivity contribution < 1.29 is 0 Å². The summed E-state index contributed by atoms with van der Waals surface area (Å²) in [5, 5.41) is 2.66. The molecule has 0 spiro atoms. The van der Waals surface area contributed by atoms with Crippen molar-refractivity contribution in [1.29, 1.82) is 0 Å². The molecule has 0 bridgehead atoms. The Labute approximate surface area is 116 Å². The summed E-state index contributed by atoms with van der Waals surface area (Å²) in [7, 11) is 0. The Morgan fingerprint density at radius 3 is 2.78 bits per heavy atom. The molecule has 2 aromatic rings. The van der Waals surface area contributed by atoms with E-state index in [4.69, 9.17) is 11.6 Å². The molecule has 18 heavy (non-hydrogen) atoms. The van der Waals surface area contributed by atoms with Gasteiger partial charge in [0.25, 0.3) is 0 Å². The van der Waals surface area contributed by atoms with Gasteiger partial charge in [0.05, 0.1) is 6.54 Å². The first-order valence-corrected chi connectivity index (χ1v) is 7.28. The largest absolute Gasteiger partial charge is 0.351 e. The molecular weight excluding hydrogens is 266 g/mol. The van der Waals surface area contributed by atoms with Gasteiger partial charge >= 0.3 is 0 Å². The summed E-state index contributed by atoms with van der Waals surface area (Å²) in [5.74, 6) is 0.952. The second kappa shape index (κ2) is 6.16. The summed E-state index contributed by atoms with van der Waals surface area (Å²) in [4.78, 5) is 12.0. The van der Waals surface area contributed by atoms with Gasteiger partial charge in [-0.25, -0.2) is 9.97 Å². The molecule has 96 valence electrons. The minimum Gasteiger partial charge on any atom is -0.351 e. The molecule has 0 saturated carbocycles. The summed E-state index contributed by atoms with van der Waals surface area (Å²) in [5.41, 5.74) is 1.03. The third-order valence-electron chi connectivity index (χ3n) is 2.83. The molecule has 3 nitrogen and oxygen atoms in total. The van der Waals surface area contributed by atoms with Gasteiger partial charge in [-0.2, -0.15) is 0 Å². The molecule has 2 aromatic heterocycles. The Kier molecular flexibility index (Phi) is 4.55. The van der Waals surface area contributed by atoms with Crippen LogP contribution in [0.5, 0.6) is 0 Å². The smallest absolute Gasteiger partial charge is 0.137 e. The van der Waals surface area contributed by atoms with Crippen LogP contribution in [0.15, 0.2) is 23.8 Å². The third-order valence-corrected chi connectivity index (χ3v) is 4.02. The van der Waals surface area contributed by atoms with Crippen molar-refractivity contribution in [2.45, 2.75) is 26.8 Å². The number of aromatic nitrogens is 2. The van der Waals surface area contributed by atoms with Crippen molar-refractivity contribution in [3.05, 3.63) is 39.4 Å². The third kappa shape index (κ3) is 2.82. The fraction of sp³-hybridized carbons (Fsp3) is 0.385. The SMILES string of the molecule is CCc1c(Cl)ncnc1N(CC)Cc1cccs1. The molecule has 0 amide bonds. The summed E-state index contributed by atoms with van der Waals surface area (Å²) in [6.07, 6.45) is 2.38. The molecule has 0 unspecified atom stereocenters. The molecule has 0 aliphatic rings. The molecule has 2 heterocycles.